The number of carbonyl (C=O) groups excluding carboxylic acids is 2. The highest BCUT2D eigenvalue weighted by Crippen LogP contribution is 2.30. The van der Waals surface area contributed by atoms with Gasteiger partial charge in [0.15, 0.2) is 6.61 Å². The molecule has 3 rings (SSSR count). The Hall–Kier alpha value is -2.28. The van der Waals surface area contributed by atoms with E-state index >= 15 is 0 Å². The van der Waals surface area contributed by atoms with Gasteiger partial charge in [-0.1, -0.05) is 6.07 Å². The molecular formula is C17H23N3O4. The molecule has 3 amide bonds. The van der Waals surface area contributed by atoms with Gasteiger partial charge in [0.05, 0.1) is 23.9 Å². The Morgan fingerprint density at radius 3 is 2.92 bits per heavy atom. The number of rotatable bonds is 4. The lowest BCUT2D eigenvalue weighted by Crippen LogP contribution is -2.46. The normalized spacial score (nSPS) is 21.9. The Balaban J connectivity index is 1.58. The molecule has 2 aliphatic rings. The first-order valence-electron chi connectivity index (χ1n) is 8.28. The minimum atomic E-state index is -0.233. The van der Waals surface area contributed by atoms with Gasteiger partial charge < -0.3 is 25.4 Å². The molecule has 7 nitrogen and oxygen atoms in total. The fourth-order valence-electron chi connectivity index (χ4n) is 2.99. The maximum atomic E-state index is 12.2. The Labute approximate surface area is 141 Å². The number of carbonyl (C=O) groups is 2. The van der Waals surface area contributed by atoms with Crippen molar-refractivity contribution in [3.63, 3.8) is 0 Å². The molecule has 1 saturated heterocycles. The third-order valence-corrected chi connectivity index (χ3v) is 4.37. The van der Waals surface area contributed by atoms with E-state index in [1.54, 1.807) is 6.07 Å². The van der Waals surface area contributed by atoms with E-state index in [1.165, 1.54) is 0 Å². The highest BCUT2D eigenvalue weighted by molar-refractivity contribution is 5.95. The molecule has 1 aromatic rings. The maximum Gasteiger partial charge on any atom is 0.315 e. The maximum absolute atomic E-state index is 12.2. The first kappa shape index (κ1) is 16.6. The van der Waals surface area contributed by atoms with E-state index in [0.717, 1.165) is 25.0 Å². The van der Waals surface area contributed by atoms with Gasteiger partial charge in [0, 0.05) is 6.61 Å². The molecule has 1 aromatic carbocycles. The highest BCUT2D eigenvalue weighted by Gasteiger charge is 2.24. The minimum absolute atomic E-state index is 0.0314. The van der Waals surface area contributed by atoms with Crippen molar-refractivity contribution in [1.82, 2.24) is 10.6 Å². The quantitative estimate of drug-likeness (QED) is 0.786. The third kappa shape index (κ3) is 3.79. The van der Waals surface area contributed by atoms with Crippen LogP contribution in [0.1, 0.15) is 38.3 Å². The Morgan fingerprint density at radius 1 is 1.33 bits per heavy atom. The number of fused-ring (bicyclic) bond motifs is 1. The molecule has 3 atom stereocenters. The molecule has 1 fully saturated rings. The molecule has 0 spiro atoms. The van der Waals surface area contributed by atoms with Crippen LogP contribution in [-0.4, -0.2) is 37.3 Å². The van der Waals surface area contributed by atoms with Gasteiger partial charge in [0.1, 0.15) is 5.75 Å². The molecule has 2 heterocycles. The summed E-state index contributed by atoms with van der Waals surface area (Å²) in [4.78, 5) is 23.6. The van der Waals surface area contributed by atoms with Crippen molar-refractivity contribution in [3.8, 4) is 5.75 Å². The summed E-state index contributed by atoms with van der Waals surface area (Å²) in [6, 6.07) is 5.03. The molecule has 0 aliphatic carbocycles. The first-order chi connectivity index (χ1) is 11.5. The van der Waals surface area contributed by atoms with Gasteiger partial charge in [0.25, 0.3) is 5.91 Å². The van der Waals surface area contributed by atoms with E-state index in [9.17, 15) is 9.59 Å². The molecule has 130 valence electrons. The molecule has 2 aliphatic heterocycles. The van der Waals surface area contributed by atoms with Crippen LogP contribution in [0.25, 0.3) is 0 Å². The summed E-state index contributed by atoms with van der Waals surface area (Å²) in [6.45, 7) is 4.64. The molecule has 24 heavy (non-hydrogen) atoms. The van der Waals surface area contributed by atoms with Crippen LogP contribution < -0.4 is 20.7 Å². The number of hydrogen-bond donors (Lipinski definition) is 3. The number of ether oxygens (including phenoxy) is 2. The van der Waals surface area contributed by atoms with E-state index in [1.807, 2.05) is 26.0 Å². The molecule has 7 heteroatoms. The van der Waals surface area contributed by atoms with Crippen molar-refractivity contribution in [2.75, 3.05) is 18.5 Å². The summed E-state index contributed by atoms with van der Waals surface area (Å²) in [5.41, 5.74) is 1.52. The highest BCUT2D eigenvalue weighted by atomic mass is 16.5. The Kier molecular flexibility index (Phi) is 4.89. The summed E-state index contributed by atoms with van der Waals surface area (Å²) in [6.07, 6.45) is 2.10. The number of anilines is 1. The second kappa shape index (κ2) is 7.09. The molecule has 3 N–H and O–H groups in total. The minimum Gasteiger partial charge on any atom is -0.482 e. The van der Waals surface area contributed by atoms with Gasteiger partial charge in [-0.25, -0.2) is 4.79 Å². The van der Waals surface area contributed by atoms with E-state index in [-0.39, 0.29) is 36.7 Å². The standard InChI is InChI=1S/C17H23N3O4/c1-10(18-17(22)19-11(2)14-4-3-7-23-14)12-5-6-15-13(8-12)20-16(21)9-24-15/h5-6,8,10-11,14H,3-4,7,9H2,1-2H3,(H,20,21)(H2,18,19,22). The lowest BCUT2D eigenvalue weighted by molar-refractivity contribution is -0.118. The van der Waals surface area contributed by atoms with Crippen molar-refractivity contribution in [1.29, 1.82) is 0 Å². The van der Waals surface area contributed by atoms with E-state index < -0.39 is 0 Å². The lowest BCUT2D eigenvalue weighted by Gasteiger charge is -2.23. The zero-order valence-electron chi connectivity index (χ0n) is 13.9. The predicted molar refractivity (Wildman–Crippen MR) is 89.1 cm³/mol. The second-order valence-corrected chi connectivity index (χ2v) is 6.27. The lowest BCUT2D eigenvalue weighted by atomic mass is 10.1. The number of urea groups is 1. The van der Waals surface area contributed by atoms with E-state index in [2.05, 4.69) is 16.0 Å². The van der Waals surface area contributed by atoms with Crippen molar-refractivity contribution >= 4 is 17.6 Å². The van der Waals surface area contributed by atoms with Gasteiger partial charge in [-0.15, -0.1) is 0 Å². The van der Waals surface area contributed by atoms with Crippen molar-refractivity contribution in [2.45, 2.75) is 44.9 Å². The smallest absolute Gasteiger partial charge is 0.315 e. The van der Waals surface area contributed by atoms with E-state index in [4.69, 9.17) is 9.47 Å². The third-order valence-electron chi connectivity index (χ3n) is 4.37. The molecule has 0 radical (unpaired) electrons. The number of hydrogen-bond acceptors (Lipinski definition) is 4. The van der Waals surface area contributed by atoms with Crippen LogP contribution in [0.5, 0.6) is 5.75 Å². The van der Waals surface area contributed by atoms with Gasteiger partial charge in [-0.2, -0.15) is 0 Å². The number of benzene rings is 1. The summed E-state index contributed by atoms with van der Waals surface area (Å²) >= 11 is 0. The van der Waals surface area contributed by atoms with Crippen LogP contribution in [0.3, 0.4) is 0 Å². The van der Waals surface area contributed by atoms with Crippen molar-refractivity contribution in [2.24, 2.45) is 0 Å². The van der Waals surface area contributed by atoms with Gasteiger partial charge in [-0.05, 0) is 44.4 Å². The van der Waals surface area contributed by atoms with Crippen LogP contribution in [0.2, 0.25) is 0 Å². The molecule has 0 saturated carbocycles. The molecule has 0 aromatic heterocycles. The average Bonchev–Trinajstić information content (AvgIpc) is 3.08. The largest absolute Gasteiger partial charge is 0.482 e. The first-order valence-corrected chi connectivity index (χ1v) is 8.28. The zero-order valence-corrected chi connectivity index (χ0v) is 13.9. The van der Waals surface area contributed by atoms with Crippen LogP contribution >= 0.6 is 0 Å². The van der Waals surface area contributed by atoms with Crippen LogP contribution in [-0.2, 0) is 9.53 Å². The van der Waals surface area contributed by atoms with Crippen LogP contribution in [0, 0.1) is 0 Å². The summed E-state index contributed by atoms with van der Waals surface area (Å²) in [5.74, 6) is 0.463. The van der Waals surface area contributed by atoms with Gasteiger partial charge in [0.2, 0.25) is 0 Å². The topological polar surface area (TPSA) is 88.7 Å². The Morgan fingerprint density at radius 2 is 2.17 bits per heavy atom. The van der Waals surface area contributed by atoms with Gasteiger partial charge in [-0.3, -0.25) is 4.79 Å². The van der Waals surface area contributed by atoms with E-state index in [0.29, 0.717) is 11.4 Å². The molecular weight excluding hydrogens is 310 g/mol. The fourth-order valence-corrected chi connectivity index (χ4v) is 2.99. The Bertz CT molecular complexity index is 628. The monoisotopic (exact) mass is 333 g/mol. The predicted octanol–water partition coefficient (Wildman–Crippen LogP) is 1.95. The second-order valence-electron chi connectivity index (χ2n) is 6.27. The fraction of sp³-hybridized carbons (Fsp3) is 0.529. The zero-order chi connectivity index (χ0) is 17.1. The molecule has 0 bridgehead atoms. The van der Waals surface area contributed by atoms with Gasteiger partial charge >= 0.3 is 6.03 Å². The SMILES string of the molecule is CC(NC(=O)NC(C)C1CCCO1)c1ccc2c(c1)NC(=O)CO2. The van der Waals surface area contributed by atoms with Crippen molar-refractivity contribution in [3.05, 3.63) is 23.8 Å². The van der Waals surface area contributed by atoms with Crippen molar-refractivity contribution < 1.29 is 19.1 Å². The molecule has 3 unspecified atom stereocenters. The van der Waals surface area contributed by atoms with Crippen LogP contribution in [0.15, 0.2) is 18.2 Å². The number of nitrogens with one attached hydrogen (secondary N) is 3. The summed E-state index contributed by atoms with van der Waals surface area (Å²) < 4.78 is 10.9. The number of amides is 3. The summed E-state index contributed by atoms with van der Waals surface area (Å²) in [5, 5.41) is 8.60. The van der Waals surface area contributed by atoms with Crippen LogP contribution in [0.4, 0.5) is 10.5 Å². The average molecular weight is 333 g/mol. The summed E-state index contributed by atoms with van der Waals surface area (Å²) in [7, 11) is 0.